The number of imidazole rings is 2. The quantitative estimate of drug-likeness (QED) is 0.166. The molecule has 8 heteroatoms. The van der Waals surface area contributed by atoms with Crippen LogP contribution in [0.5, 0.6) is 0 Å². The second-order valence-electron chi connectivity index (χ2n) is 17.7. The molecule has 11 aromatic rings. The summed E-state index contributed by atoms with van der Waals surface area (Å²) in [6.07, 6.45) is 0. The van der Waals surface area contributed by atoms with Gasteiger partial charge in [-0.1, -0.05) is 140 Å². The average molecular weight is 827 g/mol. The van der Waals surface area contributed by atoms with E-state index in [2.05, 4.69) is 226 Å². The number of hydrogen-bond acceptors (Lipinski definition) is 4. The summed E-state index contributed by atoms with van der Waals surface area (Å²) in [5, 5.41) is 0. The second kappa shape index (κ2) is 12.9. The highest BCUT2D eigenvalue weighted by molar-refractivity contribution is 7.03. The van der Waals surface area contributed by atoms with E-state index in [9.17, 15) is 0 Å². The first kappa shape index (κ1) is 35.1. The highest BCUT2D eigenvalue weighted by Gasteiger charge is 2.48. The summed E-state index contributed by atoms with van der Waals surface area (Å²) in [5.41, 5.74) is 25.0. The summed E-state index contributed by atoms with van der Waals surface area (Å²) in [5.74, 6) is 1.92. The van der Waals surface area contributed by atoms with E-state index in [1.807, 2.05) is 0 Å². The van der Waals surface area contributed by atoms with Crippen molar-refractivity contribution in [3.05, 3.63) is 206 Å². The Morgan fingerprint density at radius 2 is 0.754 bits per heavy atom. The fourth-order valence-corrected chi connectivity index (χ4v) is 12.0. The Morgan fingerprint density at radius 1 is 0.369 bits per heavy atom. The van der Waals surface area contributed by atoms with E-state index in [0.717, 1.165) is 45.2 Å². The van der Waals surface area contributed by atoms with E-state index in [1.54, 1.807) is 0 Å². The van der Waals surface area contributed by atoms with Crippen molar-refractivity contribution in [3.63, 3.8) is 0 Å². The van der Waals surface area contributed by atoms with Crippen molar-refractivity contribution in [3.8, 4) is 34.2 Å². The van der Waals surface area contributed by atoms with Crippen LogP contribution in [0.3, 0.4) is 0 Å². The molecule has 0 atom stereocenters. The second-order valence-corrected chi connectivity index (χ2v) is 17.7. The van der Waals surface area contributed by atoms with Crippen LogP contribution in [0.15, 0.2) is 200 Å². The van der Waals surface area contributed by atoms with Crippen LogP contribution in [0, 0.1) is 6.92 Å². The van der Waals surface area contributed by atoms with Gasteiger partial charge in [-0.05, 0) is 106 Å². The minimum atomic E-state index is -0.0481. The molecule has 0 amide bonds. The predicted octanol–water partition coefficient (Wildman–Crippen LogP) is 9.23. The molecule has 0 spiro atoms. The van der Waals surface area contributed by atoms with Gasteiger partial charge in [0.2, 0.25) is 0 Å². The number of aromatic nitrogens is 4. The Morgan fingerprint density at radius 3 is 1.18 bits per heavy atom. The molecule has 6 heterocycles. The normalized spacial score (nSPS) is 13.5. The molecule has 4 aliphatic rings. The minimum absolute atomic E-state index is 0.0481. The van der Waals surface area contributed by atoms with Gasteiger partial charge in [-0.15, -0.1) is 0 Å². The Hall–Kier alpha value is -8.35. The lowest BCUT2D eigenvalue weighted by atomic mass is 9.30. The third-order valence-electron chi connectivity index (χ3n) is 14.4. The van der Waals surface area contributed by atoms with E-state index in [0.29, 0.717) is 0 Å². The highest BCUT2D eigenvalue weighted by atomic mass is 15.2. The van der Waals surface area contributed by atoms with Gasteiger partial charge in [0, 0.05) is 56.6 Å². The zero-order valence-corrected chi connectivity index (χ0v) is 35.4. The Kier molecular flexibility index (Phi) is 6.96. The average Bonchev–Trinajstić information content (AvgIpc) is 3.96. The lowest BCUT2D eigenvalue weighted by molar-refractivity contribution is 1.10. The molecule has 0 saturated heterocycles. The van der Waals surface area contributed by atoms with E-state index < -0.39 is 0 Å². The molecule has 4 aliphatic heterocycles. The van der Waals surface area contributed by atoms with Gasteiger partial charge in [-0.25, -0.2) is 9.97 Å². The first-order valence-corrected chi connectivity index (χ1v) is 22.5. The molecule has 0 aliphatic carbocycles. The first-order chi connectivity index (χ1) is 32.2. The van der Waals surface area contributed by atoms with Gasteiger partial charge in [-0.3, -0.25) is 9.13 Å². The Labute approximate surface area is 376 Å². The maximum absolute atomic E-state index is 5.41. The minimum Gasteiger partial charge on any atom is -0.311 e. The van der Waals surface area contributed by atoms with Gasteiger partial charge in [0.1, 0.15) is 11.6 Å². The SMILES string of the molecule is Cc1c2c(cc3c1N(c1ccccc1)c1cccc4c1B3c1cccc3nc(-c5ccccc5)n-4c13)B1c3c(cccc3-n3c(-c4ccccc4)nc4cccc1c43)N2c1ccccc1. The van der Waals surface area contributed by atoms with Crippen molar-refractivity contribution in [2.75, 3.05) is 9.80 Å². The van der Waals surface area contributed by atoms with Crippen LogP contribution < -0.4 is 42.6 Å². The highest BCUT2D eigenvalue weighted by Crippen LogP contribution is 2.48. The summed E-state index contributed by atoms with van der Waals surface area (Å²) >= 11 is 0. The van der Waals surface area contributed by atoms with Crippen molar-refractivity contribution in [2.24, 2.45) is 0 Å². The predicted molar refractivity (Wildman–Crippen MR) is 270 cm³/mol. The van der Waals surface area contributed by atoms with Crippen LogP contribution in [0.1, 0.15) is 5.56 Å². The smallest absolute Gasteiger partial charge is 0.252 e. The summed E-state index contributed by atoms with van der Waals surface area (Å²) in [4.78, 5) is 15.9. The van der Waals surface area contributed by atoms with Gasteiger partial charge in [0.05, 0.1) is 22.1 Å². The number of fused-ring (bicyclic) bond motifs is 8. The molecule has 300 valence electrons. The van der Waals surface area contributed by atoms with Gasteiger partial charge in [0.15, 0.2) is 0 Å². The van der Waals surface area contributed by atoms with Crippen molar-refractivity contribution in [2.45, 2.75) is 6.92 Å². The molecule has 6 nitrogen and oxygen atoms in total. The summed E-state index contributed by atoms with van der Waals surface area (Å²) in [6.45, 7) is 2.27. The third-order valence-corrected chi connectivity index (χ3v) is 14.4. The molecule has 0 bridgehead atoms. The van der Waals surface area contributed by atoms with Crippen LogP contribution >= 0.6 is 0 Å². The molecule has 65 heavy (non-hydrogen) atoms. The molecule has 0 unspecified atom stereocenters. The van der Waals surface area contributed by atoms with Crippen LogP contribution in [-0.2, 0) is 0 Å². The number of rotatable bonds is 4. The molecule has 0 fully saturated rings. The summed E-state index contributed by atoms with van der Waals surface area (Å²) < 4.78 is 4.86. The van der Waals surface area contributed by atoms with E-state index >= 15 is 0 Å². The first-order valence-electron chi connectivity index (χ1n) is 22.5. The maximum Gasteiger partial charge on any atom is 0.252 e. The zero-order valence-electron chi connectivity index (χ0n) is 35.4. The molecule has 0 N–H and O–H groups in total. The van der Waals surface area contributed by atoms with E-state index in [1.165, 1.54) is 83.5 Å². The summed E-state index contributed by atoms with van der Waals surface area (Å²) in [7, 11) is 0. The lowest BCUT2D eigenvalue weighted by Crippen LogP contribution is -2.65. The van der Waals surface area contributed by atoms with Crippen molar-refractivity contribution in [1.82, 2.24) is 19.1 Å². The lowest BCUT2D eigenvalue weighted by Gasteiger charge is -2.45. The topological polar surface area (TPSA) is 42.1 Å². The molecular weight excluding hydrogens is 790 g/mol. The van der Waals surface area contributed by atoms with Gasteiger partial charge < -0.3 is 9.80 Å². The van der Waals surface area contributed by atoms with Crippen molar-refractivity contribution < 1.29 is 0 Å². The monoisotopic (exact) mass is 826 g/mol. The van der Waals surface area contributed by atoms with Crippen molar-refractivity contribution in [1.29, 1.82) is 0 Å². The molecule has 9 aromatic carbocycles. The number of benzene rings is 9. The van der Waals surface area contributed by atoms with Crippen LogP contribution in [0.2, 0.25) is 0 Å². The number of anilines is 6. The summed E-state index contributed by atoms with van der Waals surface area (Å²) in [6, 6.07) is 73.0. The molecular formula is C57H36B2N6. The van der Waals surface area contributed by atoms with E-state index in [-0.39, 0.29) is 13.4 Å². The van der Waals surface area contributed by atoms with E-state index in [4.69, 9.17) is 9.97 Å². The molecule has 15 rings (SSSR count). The number of nitrogens with zero attached hydrogens (tertiary/aromatic N) is 6. The van der Waals surface area contributed by atoms with Gasteiger partial charge in [0.25, 0.3) is 13.4 Å². The maximum atomic E-state index is 5.41. The fourth-order valence-electron chi connectivity index (χ4n) is 12.0. The van der Waals surface area contributed by atoms with Crippen LogP contribution in [-0.4, -0.2) is 32.5 Å². The van der Waals surface area contributed by atoms with Crippen LogP contribution in [0.4, 0.5) is 34.1 Å². The molecule has 0 saturated carbocycles. The Balaban J connectivity index is 1.09. The molecule has 0 radical (unpaired) electrons. The number of para-hydroxylation sites is 4. The third kappa shape index (κ3) is 4.55. The van der Waals surface area contributed by atoms with Crippen molar-refractivity contribution >= 4 is 102 Å². The van der Waals surface area contributed by atoms with Gasteiger partial charge in [-0.2, -0.15) is 0 Å². The zero-order chi connectivity index (χ0) is 42.5. The molecule has 2 aromatic heterocycles. The Bertz CT molecular complexity index is 3560. The fraction of sp³-hybridized carbons (Fsp3) is 0.0175. The largest absolute Gasteiger partial charge is 0.311 e. The standard InChI is InChI=1S/C57H36B2N6/c1-35-52-42(58-40-26-14-28-44-54(40)64(56(60-44)36-18-6-2-7-19-36)48-32-16-30-46(50(48)58)62(52)38-22-10-4-11-23-38)34-43-53(35)63(39-24-12-5-13-25-39)47-31-17-33-49-51(47)59(43)41-27-15-29-45-55(41)65(49)57(61-45)37-20-8-3-9-21-37/h2-34H,1H3. The van der Waals surface area contributed by atoms with Gasteiger partial charge >= 0.3 is 0 Å². The van der Waals surface area contributed by atoms with Crippen LogP contribution in [0.25, 0.3) is 56.2 Å². The number of hydrogen-bond donors (Lipinski definition) is 0.